The number of benzene rings is 3. The van der Waals surface area contributed by atoms with E-state index in [0.29, 0.717) is 0 Å². The van der Waals surface area contributed by atoms with E-state index >= 15 is 0 Å². The lowest BCUT2D eigenvalue weighted by molar-refractivity contribution is 0.648. The summed E-state index contributed by atoms with van der Waals surface area (Å²) in [4.78, 5) is 4.87. The van der Waals surface area contributed by atoms with E-state index in [0.717, 1.165) is 5.69 Å². The Morgan fingerprint density at radius 2 is 1.52 bits per heavy atom. The van der Waals surface area contributed by atoms with Gasteiger partial charge in [0.15, 0.2) is 0 Å². The second-order valence-electron chi connectivity index (χ2n) is 6.90. The van der Waals surface area contributed by atoms with Crippen LogP contribution in [0.4, 0.5) is 0 Å². The second kappa shape index (κ2) is 4.20. The molecule has 3 aromatic carbocycles. The van der Waals surface area contributed by atoms with Gasteiger partial charge in [-0.2, -0.15) is 0 Å². The van der Waals surface area contributed by atoms with Crippen LogP contribution in [0.15, 0.2) is 66.9 Å². The molecule has 0 N–H and O–H groups in total. The summed E-state index contributed by atoms with van der Waals surface area (Å²) in [5, 5.41) is 5.18. The zero-order chi connectivity index (χ0) is 15.6. The van der Waals surface area contributed by atoms with Gasteiger partial charge in [0.25, 0.3) is 0 Å². The van der Waals surface area contributed by atoms with Crippen molar-refractivity contribution in [2.45, 2.75) is 19.3 Å². The minimum Gasteiger partial charge on any atom is -0.255 e. The Hall–Kier alpha value is -2.67. The van der Waals surface area contributed by atoms with Crippen LogP contribution in [-0.2, 0) is 5.41 Å². The van der Waals surface area contributed by atoms with Gasteiger partial charge in [-0.1, -0.05) is 74.5 Å². The first-order valence-corrected chi connectivity index (χ1v) is 8.09. The lowest BCUT2D eigenvalue weighted by Crippen LogP contribution is -2.24. The molecule has 5 rings (SSSR count). The Morgan fingerprint density at radius 3 is 2.39 bits per heavy atom. The first-order chi connectivity index (χ1) is 11.2. The van der Waals surface area contributed by atoms with Crippen molar-refractivity contribution in [1.82, 2.24) is 4.98 Å². The average molecular weight is 295 g/mol. The van der Waals surface area contributed by atoms with Crippen LogP contribution in [0, 0.1) is 0 Å². The van der Waals surface area contributed by atoms with Crippen molar-refractivity contribution in [3.8, 4) is 11.3 Å². The van der Waals surface area contributed by atoms with Crippen molar-refractivity contribution in [1.29, 1.82) is 0 Å². The van der Waals surface area contributed by atoms with Crippen molar-refractivity contribution >= 4 is 21.5 Å². The Morgan fingerprint density at radius 1 is 0.783 bits per heavy atom. The van der Waals surface area contributed by atoms with Crippen LogP contribution in [0.5, 0.6) is 0 Å². The Bertz CT molecular complexity index is 1080. The molecule has 0 saturated carbocycles. The van der Waals surface area contributed by atoms with Gasteiger partial charge in [-0.25, -0.2) is 0 Å². The number of rotatable bonds is 0. The van der Waals surface area contributed by atoms with E-state index in [9.17, 15) is 0 Å². The molecule has 0 unspecified atom stereocenters. The molecule has 1 heterocycles. The largest absolute Gasteiger partial charge is 0.255 e. The molecule has 0 aliphatic heterocycles. The molecule has 0 saturated heterocycles. The molecule has 0 amide bonds. The lowest BCUT2D eigenvalue weighted by atomic mass is 9.69. The quantitative estimate of drug-likeness (QED) is 0.406. The summed E-state index contributed by atoms with van der Waals surface area (Å²) in [6.07, 6.45) is 2.01. The highest BCUT2D eigenvalue weighted by molar-refractivity contribution is 6.05. The van der Waals surface area contributed by atoms with Gasteiger partial charge in [0.2, 0.25) is 0 Å². The van der Waals surface area contributed by atoms with Crippen LogP contribution in [-0.4, -0.2) is 4.98 Å². The van der Waals surface area contributed by atoms with Crippen LogP contribution in [0.3, 0.4) is 0 Å². The third-order valence-electron chi connectivity index (χ3n) is 5.26. The highest BCUT2D eigenvalue weighted by atomic mass is 14.7. The van der Waals surface area contributed by atoms with Gasteiger partial charge in [0, 0.05) is 22.6 Å². The molecule has 0 bridgehead atoms. The van der Waals surface area contributed by atoms with Gasteiger partial charge >= 0.3 is 0 Å². The molecule has 1 heteroatoms. The molecule has 1 aliphatic rings. The highest BCUT2D eigenvalue weighted by Crippen LogP contribution is 2.49. The molecule has 23 heavy (non-hydrogen) atoms. The van der Waals surface area contributed by atoms with Crippen LogP contribution in [0.1, 0.15) is 25.0 Å². The molecule has 0 atom stereocenters. The minimum atomic E-state index is -0.0585. The van der Waals surface area contributed by atoms with E-state index in [-0.39, 0.29) is 5.41 Å². The van der Waals surface area contributed by atoms with Gasteiger partial charge in [-0.3, -0.25) is 4.98 Å². The average Bonchev–Trinajstić information content (AvgIpc) is 2.59. The topological polar surface area (TPSA) is 12.9 Å². The SMILES string of the molecule is CC1(C)c2c(ncc3ccccc23)-c2cccc3cccc1c23. The van der Waals surface area contributed by atoms with Crippen LogP contribution in [0.25, 0.3) is 32.8 Å². The molecular formula is C22H17N. The molecule has 0 spiro atoms. The number of hydrogen-bond donors (Lipinski definition) is 0. The zero-order valence-corrected chi connectivity index (χ0v) is 13.3. The standard InChI is InChI=1S/C22H17N/c1-22(2)18-12-6-9-14-8-5-11-17(19(14)18)21-20(22)16-10-4-3-7-15(16)13-23-21/h3-13H,1-2H3. The second-order valence-corrected chi connectivity index (χ2v) is 6.90. The number of pyridine rings is 1. The van der Waals surface area contributed by atoms with Gasteiger partial charge in [-0.15, -0.1) is 0 Å². The van der Waals surface area contributed by atoms with Crippen LogP contribution < -0.4 is 0 Å². The van der Waals surface area contributed by atoms with E-state index in [2.05, 4.69) is 74.5 Å². The van der Waals surface area contributed by atoms with E-state index in [1.54, 1.807) is 0 Å². The fourth-order valence-electron chi connectivity index (χ4n) is 4.19. The molecule has 0 radical (unpaired) electrons. The van der Waals surface area contributed by atoms with E-state index < -0.39 is 0 Å². The first-order valence-electron chi connectivity index (χ1n) is 8.09. The normalized spacial score (nSPS) is 14.9. The predicted octanol–water partition coefficient (Wildman–Crippen LogP) is 5.69. The van der Waals surface area contributed by atoms with Crippen molar-refractivity contribution in [2.24, 2.45) is 0 Å². The first kappa shape index (κ1) is 12.8. The number of fused-ring (bicyclic) bond motifs is 4. The molecular weight excluding hydrogens is 278 g/mol. The highest BCUT2D eigenvalue weighted by Gasteiger charge is 2.35. The number of aromatic nitrogens is 1. The van der Waals surface area contributed by atoms with Gasteiger partial charge < -0.3 is 0 Å². The summed E-state index contributed by atoms with van der Waals surface area (Å²) >= 11 is 0. The van der Waals surface area contributed by atoms with Crippen molar-refractivity contribution < 1.29 is 0 Å². The molecule has 1 aromatic heterocycles. The Labute approximate surface area is 135 Å². The molecule has 1 nitrogen and oxygen atoms in total. The fourth-order valence-corrected chi connectivity index (χ4v) is 4.19. The zero-order valence-electron chi connectivity index (χ0n) is 13.3. The van der Waals surface area contributed by atoms with Crippen LogP contribution in [0.2, 0.25) is 0 Å². The number of nitrogens with zero attached hydrogens (tertiary/aromatic N) is 1. The van der Waals surface area contributed by atoms with Crippen molar-refractivity contribution in [3.05, 3.63) is 78.0 Å². The predicted molar refractivity (Wildman–Crippen MR) is 96.8 cm³/mol. The van der Waals surface area contributed by atoms with E-state index in [4.69, 9.17) is 4.98 Å². The molecule has 110 valence electrons. The van der Waals surface area contributed by atoms with Crippen LogP contribution >= 0.6 is 0 Å². The Balaban J connectivity index is 2.07. The summed E-state index contributed by atoms with van der Waals surface area (Å²) in [6, 6.07) is 21.8. The Kier molecular flexibility index (Phi) is 2.34. The van der Waals surface area contributed by atoms with E-state index in [1.165, 1.54) is 38.2 Å². The third kappa shape index (κ3) is 1.54. The smallest absolute Gasteiger partial charge is 0.0755 e. The van der Waals surface area contributed by atoms with Gasteiger partial charge in [-0.05, 0) is 27.3 Å². The summed E-state index contributed by atoms with van der Waals surface area (Å²) in [5.41, 5.74) is 5.09. The molecule has 4 aromatic rings. The molecule has 0 fully saturated rings. The maximum atomic E-state index is 4.87. The number of hydrogen-bond acceptors (Lipinski definition) is 1. The fraction of sp³-hybridized carbons (Fsp3) is 0.136. The van der Waals surface area contributed by atoms with Crippen molar-refractivity contribution in [2.75, 3.05) is 0 Å². The van der Waals surface area contributed by atoms with E-state index in [1.807, 2.05) is 6.20 Å². The lowest BCUT2D eigenvalue weighted by Gasteiger charge is -2.35. The maximum absolute atomic E-state index is 4.87. The monoisotopic (exact) mass is 295 g/mol. The minimum absolute atomic E-state index is 0.0585. The summed E-state index contributed by atoms with van der Waals surface area (Å²) in [7, 11) is 0. The van der Waals surface area contributed by atoms with Gasteiger partial charge in [0.05, 0.1) is 5.69 Å². The maximum Gasteiger partial charge on any atom is 0.0755 e. The summed E-state index contributed by atoms with van der Waals surface area (Å²) in [5.74, 6) is 0. The summed E-state index contributed by atoms with van der Waals surface area (Å²) < 4.78 is 0. The molecule has 1 aliphatic carbocycles. The van der Waals surface area contributed by atoms with Crippen molar-refractivity contribution in [3.63, 3.8) is 0 Å². The third-order valence-corrected chi connectivity index (χ3v) is 5.26. The van der Waals surface area contributed by atoms with Gasteiger partial charge in [0.1, 0.15) is 0 Å². The summed E-state index contributed by atoms with van der Waals surface area (Å²) in [6.45, 7) is 4.65.